The summed E-state index contributed by atoms with van der Waals surface area (Å²) in [5.74, 6) is 0.433. The van der Waals surface area contributed by atoms with Gasteiger partial charge in [0.1, 0.15) is 5.69 Å². The third-order valence-electron chi connectivity index (χ3n) is 4.04. The lowest BCUT2D eigenvalue weighted by Crippen LogP contribution is -2.49. The lowest BCUT2D eigenvalue weighted by Gasteiger charge is -2.35. The van der Waals surface area contributed by atoms with E-state index in [9.17, 15) is 8.42 Å². The van der Waals surface area contributed by atoms with E-state index in [-0.39, 0.29) is 9.38 Å². The van der Waals surface area contributed by atoms with Crippen LogP contribution in [0.15, 0.2) is 53.3 Å². The predicted molar refractivity (Wildman–Crippen MR) is 103 cm³/mol. The van der Waals surface area contributed by atoms with Crippen molar-refractivity contribution >= 4 is 50.3 Å². The van der Waals surface area contributed by atoms with E-state index in [2.05, 4.69) is 10.0 Å². The molecule has 0 atom stereocenters. The summed E-state index contributed by atoms with van der Waals surface area (Å²) in [5.41, 5.74) is 7.65. The van der Waals surface area contributed by atoms with Crippen LogP contribution in [0.2, 0.25) is 10.0 Å². The van der Waals surface area contributed by atoms with Gasteiger partial charge in [0, 0.05) is 11.8 Å². The van der Waals surface area contributed by atoms with Crippen molar-refractivity contribution in [2.24, 2.45) is 0 Å². The zero-order valence-corrected chi connectivity index (χ0v) is 15.9. The number of anilines is 2. The van der Waals surface area contributed by atoms with E-state index < -0.39 is 10.0 Å². The first kappa shape index (κ1) is 17.9. The maximum absolute atomic E-state index is 12.7. The fourth-order valence-corrected chi connectivity index (χ4v) is 4.04. The summed E-state index contributed by atoms with van der Waals surface area (Å²) in [6.07, 6.45) is 1.60. The molecule has 132 valence electrons. The zero-order valence-electron chi connectivity index (χ0n) is 13.5. The van der Waals surface area contributed by atoms with Gasteiger partial charge in [0.15, 0.2) is 5.69 Å². The largest absolute Gasteiger partial charge is 0.399 e. The Labute approximate surface area is 156 Å². The molecule has 1 aliphatic rings. The molecular weight excluding hydrogens is 383 g/mol. The molecule has 1 aliphatic heterocycles. The summed E-state index contributed by atoms with van der Waals surface area (Å²) < 4.78 is 28.1. The molecule has 25 heavy (non-hydrogen) atoms. The number of hydrogen-bond donors (Lipinski definition) is 3. The highest BCUT2D eigenvalue weighted by Gasteiger charge is 2.35. The van der Waals surface area contributed by atoms with E-state index in [0.29, 0.717) is 21.6 Å². The van der Waals surface area contributed by atoms with Gasteiger partial charge in [-0.25, -0.2) is 17.6 Å². The molecule has 4 N–H and O–H groups in total. The number of nitrogens with zero attached hydrogens (tertiary/aromatic N) is 1. The molecule has 9 heteroatoms. The van der Waals surface area contributed by atoms with Crippen LogP contribution in [0, 0.1) is 0 Å². The quantitative estimate of drug-likeness (QED) is 0.545. The Kier molecular flexibility index (Phi) is 4.36. The molecule has 0 aliphatic carbocycles. The molecule has 6 nitrogen and oxygen atoms in total. The van der Waals surface area contributed by atoms with Gasteiger partial charge in [-0.1, -0.05) is 23.2 Å². The average molecular weight is 400 g/mol. The van der Waals surface area contributed by atoms with Crippen LogP contribution >= 0.6 is 23.2 Å². The molecule has 1 heterocycles. The second kappa shape index (κ2) is 6.10. The van der Waals surface area contributed by atoms with Crippen LogP contribution < -0.4 is 20.3 Å². The van der Waals surface area contributed by atoms with Gasteiger partial charge in [0.25, 0.3) is 10.0 Å². The molecule has 2 aromatic rings. The number of fused-ring (bicyclic) bond motifs is 1. The number of nitrogen functional groups attached to an aromatic ring is 1. The fourth-order valence-electron chi connectivity index (χ4n) is 2.54. The zero-order chi connectivity index (χ0) is 18.4. The van der Waals surface area contributed by atoms with Gasteiger partial charge in [0.2, 0.25) is 5.82 Å². The van der Waals surface area contributed by atoms with Crippen LogP contribution in [0.1, 0.15) is 0 Å². The summed E-state index contributed by atoms with van der Waals surface area (Å²) in [7, 11) is -0.0601. The van der Waals surface area contributed by atoms with E-state index in [1.54, 1.807) is 30.5 Å². The topological polar surface area (TPSA) is 84.2 Å². The third-order valence-corrected chi connectivity index (χ3v) is 6.13. The number of rotatable bonds is 3. The number of hydrogen-bond acceptors (Lipinski definition) is 4. The van der Waals surface area contributed by atoms with Gasteiger partial charge in [-0.2, -0.15) is 0 Å². The highest BCUT2D eigenvalue weighted by Crippen LogP contribution is 2.41. The van der Waals surface area contributed by atoms with Gasteiger partial charge in [-0.05, 0) is 30.3 Å². The number of quaternary nitrogens is 1. The predicted octanol–water partition coefficient (Wildman–Crippen LogP) is 3.35. The Balaban J connectivity index is 1.97. The molecular formula is C16H17Cl2N4O2S+. The summed E-state index contributed by atoms with van der Waals surface area (Å²) >= 11 is 12.2. The minimum Gasteiger partial charge on any atom is -0.399 e. The molecule has 0 amide bonds. The standard InChI is InChI=1S/C16H17Cl2N4O2S/c1-22(2)15-8-13(18)12(17)7-14(15)20-9-16(22)21-25(23,24)11-5-3-10(19)4-6-11/h3-9,20-21H,19H2,1-2H3/q+1. The van der Waals surface area contributed by atoms with Crippen LogP contribution in [0.5, 0.6) is 0 Å². The summed E-state index contributed by atoms with van der Waals surface area (Å²) in [6.45, 7) is 0. The van der Waals surface area contributed by atoms with Crippen LogP contribution in [0.4, 0.5) is 17.1 Å². The van der Waals surface area contributed by atoms with Crippen molar-refractivity contribution in [3.05, 3.63) is 58.5 Å². The summed E-state index contributed by atoms with van der Waals surface area (Å²) in [4.78, 5) is 0.127. The number of nitrogens with one attached hydrogen (secondary N) is 2. The lowest BCUT2D eigenvalue weighted by molar-refractivity contribution is 0.464. The second-order valence-corrected chi connectivity index (χ2v) is 8.58. The Morgan fingerprint density at radius 3 is 2.32 bits per heavy atom. The Bertz CT molecular complexity index is 970. The molecule has 0 spiro atoms. The van der Waals surface area contributed by atoms with Gasteiger partial charge in [-0.3, -0.25) is 0 Å². The van der Waals surface area contributed by atoms with Crippen LogP contribution in [0.25, 0.3) is 0 Å². The number of halogens is 2. The number of nitrogens with two attached hydrogens (primary N) is 1. The first-order valence-corrected chi connectivity index (χ1v) is 9.54. The highest BCUT2D eigenvalue weighted by atomic mass is 35.5. The molecule has 0 aromatic heterocycles. The Morgan fingerprint density at radius 2 is 1.68 bits per heavy atom. The van der Waals surface area contributed by atoms with Crippen molar-refractivity contribution in [2.45, 2.75) is 4.90 Å². The van der Waals surface area contributed by atoms with Gasteiger partial charge in [0.05, 0.1) is 35.2 Å². The first-order valence-electron chi connectivity index (χ1n) is 7.30. The van der Waals surface area contributed by atoms with E-state index in [1.165, 1.54) is 12.1 Å². The number of benzene rings is 2. The van der Waals surface area contributed by atoms with Crippen LogP contribution in [0.3, 0.4) is 0 Å². The molecule has 0 unspecified atom stereocenters. The van der Waals surface area contributed by atoms with E-state index >= 15 is 0 Å². The average Bonchev–Trinajstić information content (AvgIpc) is 2.53. The van der Waals surface area contributed by atoms with E-state index in [4.69, 9.17) is 28.9 Å². The van der Waals surface area contributed by atoms with Crippen molar-refractivity contribution in [2.75, 3.05) is 25.1 Å². The van der Waals surface area contributed by atoms with Crippen molar-refractivity contribution < 1.29 is 8.42 Å². The molecule has 0 bridgehead atoms. The molecule has 3 rings (SSSR count). The Morgan fingerprint density at radius 1 is 1.08 bits per heavy atom. The fraction of sp³-hybridized carbons (Fsp3) is 0.125. The molecule has 0 fully saturated rings. The maximum Gasteiger partial charge on any atom is 0.265 e. The normalized spacial score (nSPS) is 15.8. The van der Waals surface area contributed by atoms with Gasteiger partial charge >= 0.3 is 0 Å². The smallest absolute Gasteiger partial charge is 0.265 e. The molecule has 0 saturated heterocycles. The Hall–Kier alpha value is -1.93. The minimum atomic E-state index is -3.76. The molecule has 0 radical (unpaired) electrons. The van der Waals surface area contributed by atoms with Gasteiger partial charge < -0.3 is 11.1 Å². The minimum absolute atomic E-state index is 0.127. The molecule has 0 saturated carbocycles. The maximum atomic E-state index is 12.7. The SMILES string of the molecule is C[N+]1(C)C(NS(=O)(=O)c2ccc(N)cc2)=CNc2cc(Cl)c(Cl)cc21. The summed E-state index contributed by atoms with van der Waals surface area (Å²) in [6, 6.07) is 9.42. The van der Waals surface area contributed by atoms with Gasteiger partial charge in [-0.15, -0.1) is 0 Å². The number of sulfonamides is 1. The lowest BCUT2D eigenvalue weighted by atomic mass is 10.2. The van der Waals surface area contributed by atoms with E-state index in [1.807, 2.05) is 14.1 Å². The van der Waals surface area contributed by atoms with E-state index in [0.717, 1.165) is 11.4 Å². The molecule has 2 aromatic carbocycles. The van der Waals surface area contributed by atoms with Crippen molar-refractivity contribution in [3.63, 3.8) is 0 Å². The second-order valence-electron chi connectivity index (χ2n) is 6.09. The first-order chi connectivity index (χ1) is 11.6. The van der Waals surface area contributed by atoms with Crippen molar-refractivity contribution in [3.8, 4) is 0 Å². The monoisotopic (exact) mass is 399 g/mol. The van der Waals surface area contributed by atoms with Crippen LogP contribution in [-0.4, -0.2) is 22.5 Å². The summed E-state index contributed by atoms with van der Waals surface area (Å²) in [5, 5.41) is 3.87. The van der Waals surface area contributed by atoms with Crippen LogP contribution in [-0.2, 0) is 10.0 Å². The third kappa shape index (κ3) is 3.28. The van der Waals surface area contributed by atoms with Crippen molar-refractivity contribution in [1.82, 2.24) is 9.21 Å². The highest BCUT2D eigenvalue weighted by molar-refractivity contribution is 7.89. The van der Waals surface area contributed by atoms with Crippen molar-refractivity contribution in [1.29, 1.82) is 0 Å².